The van der Waals surface area contributed by atoms with Gasteiger partial charge in [0.25, 0.3) is 6.47 Å². The van der Waals surface area contributed by atoms with Crippen LogP contribution in [0.1, 0.15) is 20.8 Å². The number of rotatable bonds is 4. The molecule has 1 aliphatic heterocycles. The maximum atomic E-state index is 11.1. The molecule has 19 heavy (non-hydrogen) atoms. The third-order valence-corrected chi connectivity index (χ3v) is 2.40. The second-order valence-electron chi connectivity index (χ2n) is 4.99. The largest absolute Gasteiger partial charge is 0.462 e. The van der Waals surface area contributed by atoms with Gasteiger partial charge in [-0.25, -0.2) is 0 Å². The summed E-state index contributed by atoms with van der Waals surface area (Å²) in [5, 5.41) is 2.92. The number of amides is 1. The number of hydrogen-bond acceptors (Lipinski definition) is 5. The number of ketones is 1. The Labute approximate surface area is 118 Å². The van der Waals surface area contributed by atoms with Crippen molar-refractivity contribution in [3.05, 3.63) is 0 Å². The molecule has 0 aromatic heterocycles. The minimum Gasteiger partial charge on any atom is -0.462 e. The maximum absolute atomic E-state index is 11.1. The van der Waals surface area contributed by atoms with Crippen LogP contribution in [0.3, 0.4) is 0 Å². The molecule has 1 saturated heterocycles. The van der Waals surface area contributed by atoms with E-state index in [0.29, 0.717) is 19.6 Å². The number of carbonyl (C=O) groups excluding carboxylic acids is 3. The number of nitrogens with one attached hydrogen (secondary N) is 1. The molecule has 110 valence electrons. The fourth-order valence-electron chi connectivity index (χ4n) is 1.21. The van der Waals surface area contributed by atoms with Gasteiger partial charge in [-0.2, -0.15) is 0 Å². The molecule has 0 spiro atoms. The van der Waals surface area contributed by atoms with Crippen molar-refractivity contribution < 1.29 is 19.1 Å². The zero-order valence-electron chi connectivity index (χ0n) is 11.6. The number of alkyl halides is 1. The van der Waals surface area contributed by atoms with Crippen LogP contribution in [-0.2, 0) is 19.1 Å². The molecule has 0 aliphatic carbocycles. The zero-order chi connectivity index (χ0) is 14.9. The van der Waals surface area contributed by atoms with Crippen molar-refractivity contribution in [3.8, 4) is 0 Å². The minimum absolute atomic E-state index is 0.0167. The van der Waals surface area contributed by atoms with Crippen LogP contribution in [0.4, 0.5) is 0 Å². The van der Waals surface area contributed by atoms with Crippen LogP contribution in [0.25, 0.3) is 0 Å². The fourth-order valence-corrected chi connectivity index (χ4v) is 1.30. The molecule has 1 fully saturated rings. The zero-order valence-corrected chi connectivity index (χ0v) is 12.3. The highest BCUT2D eigenvalue weighted by Gasteiger charge is 2.19. The monoisotopic (exact) mass is 292 g/mol. The first kappa shape index (κ1) is 17.9. The van der Waals surface area contributed by atoms with Gasteiger partial charge in [-0.1, -0.05) is 0 Å². The molecule has 0 aromatic carbocycles. The average Bonchev–Trinajstić information content (AvgIpc) is 2.31. The van der Waals surface area contributed by atoms with Crippen molar-refractivity contribution in [3.63, 3.8) is 0 Å². The molecule has 1 aliphatic rings. The summed E-state index contributed by atoms with van der Waals surface area (Å²) in [6, 6.07) is 0. The van der Waals surface area contributed by atoms with E-state index in [1.54, 1.807) is 0 Å². The van der Waals surface area contributed by atoms with Gasteiger partial charge in [0.05, 0.1) is 19.0 Å². The molecule has 1 heterocycles. The van der Waals surface area contributed by atoms with Gasteiger partial charge < -0.3 is 15.0 Å². The summed E-state index contributed by atoms with van der Waals surface area (Å²) in [4.78, 5) is 33.1. The highest BCUT2D eigenvalue weighted by molar-refractivity contribution is 6.28. The maximum Gasteiger partial charge on any atom is 0.293 e. The molecule has 0 unspecified atom stereocenters. The van der Waals surface area contributed by atoms with Gasteiger partial charge >= 0.3 is 0 Å². The van der Waals surface area contributed by atoms with Gasteiger partial charge in [0.2, 0.25) is 5.91 Å². The van der Waals surface area contributed by atoms with E-state index < -0.39 is 0 Å². The number of nitrogens with zero attached hydrogens (tertiary/aromatic N) is 1. The number of hydrogen-bond donors (Lipinski definition) is 1. The predicted molar refractivity (Wildman–Crippen MR) is 72.1 cm³/mol. The molecule has 0 saturated carbocycles. The normalized spacial score (nSPS) is 15.4. The quantitative estimate of drug-likeness (QED) is 0.591. The van der Waals surface area contributed by atoms with Gasteiger partial charge in [-0.15, -0.1) is 11.6 Å². The number of ether oxygens (including phenoxy) is 1. The first-order valence-electron chi connectivity index (χ1n) is 5.97. The molecule has 0 radical (unpaired) electrons. The smallest absolute Gasteiger partial charge is 0.293 e. The van der Waals surface area contributed by atoms with Crippen LogP contribution in [0, 0.1) is 0 Å². The molecule has 1 amide bonds. The molecular weight excluding hydrogens is 272 g/mol. The second-order valence-corrected chi connectivity index (χ2v) is 5.26. The molecule has 1 rings (SSSR count). The van der Waals surface area contributed by atoms with Crippen LogP contribution in [0.2, 0.25) is 0 Å². The Morgan fingerprint density at radius 3 is 2.53 bits per heavy atom. The van der Waals surface area contributed by atoms with Crippen LogP contribution in [-0.4, -0.2) is 60.7 Å². The van der Waals surface area contributed by atoms with E-state index >= 15 is 0 Å². The molecule has 0 atom stereocenters. The molecule has 0 bridgehead atoms. The lowest BCUT2D eigenvalue weighted by Gasteiger charge is -2.26. The SMILES string of the molecule is CC(C)(C)OC=O.O=C(CCl)CN1CCNCC1=O. The Kier molecular flexibility index (Phi) is 8.34. The van der Waals surface area contributed by atoms with Crippen molar-refractivity contribution >= 4 is 29.8 Å². The lowest BCUT2D eigenvalue weighted by atomic mass is 10.2. The summed E-state index contributed by atoms with van der Waals surface area (Å²) in [6.45, 7) is 7.76. The Balaban J connectivity index is 0.000000399. The highest BCUT2D eigenvalue weighted by Crippen LogP contribution is 2.02. The summed E-state index contributed by atoms with van der Waals surface area (Å²) in [6.07, 6.45) is 0. The van der Waals surface area contributed by atoms with Crippen molar-refractivity contribution in [2.45, 2.75) is 26.4 Å². The molecular formula is C12H21ClN2O4. The molecule has 6 nitrogen and oxygen atoms in total. The number of Topliss-reactive ketones (excluding diaryl/α,β-unsaturated/α-hetero) is 1. The lowest BCUT2D eigenvalue weighted by molar-refractivity contribution is -0.138. The van der Waals surface area contributed by atoms with Crippen molar-refractivity contribution in [1.82, 2.24) is 10.2 Å². The van der Waals surface area contributed by atoms with Gasteiger partial charge in [0, 0.05) is 13.1 Å². The topological polar surface area (TPSA) is 75.7 Å². The fraction of sp³-hybridized carbons (Fsp3) is 0.750. The first-order valence-corrected chi connectivity index (χ1v) is 6.51. The minimum atomic E-state index is -0.318. The van der Waals surface area contributed by atoms with E-state index in [-0.39, 0.29) is 29.7 Å². The third kappa shape index (κ3) is 9.44. The van der Waals surface area contributed by atoms with E-state index in [0.717, 1.165) is 6.54 Å². The molecule has 0 aromatic rings. The van der Waals surface area contributed by atoms with Crippen molar-refractivity contribution in [2.24, 2.45) is 0 Å². The predicted octanol–water partition coefficient (Wildman–Crippen LogP) is 0.184. The number of piperazine rings is 1. The summed E-state index contributed by atoms with van der Waals surface area (Å²) in [5.41, 5.74) is -0.318. The van der Waals surface area contributed by atoms with Gasteiger partial charge in [-0.05, 0) is 20.8 Å². The summed E-state index contributed by atoms with van der Waals surface area (Å²) < 4.78 is 4.55. The third-order valence-electron chi connectivity index (χ3n) is 2.11. The molecule has 7 heteroatoms. The van der Waals surface area contributed by atoms with E-state index in [1.807, 2.05) is 20.8 Å². The van der Waals surface area contributed by atoms with Crippen LogP contribution in [0.15, 0.2) is 0 Å². The van der Waals surface area contributed by atoms with Crippen LogP contribution < -0.4 is 5.32 Å². The van der Waals surface area contributed by atoms with Gasteiger partial charge in [0.1, 0.15) is 5.60 Å². The van der Waals surface area contributed by atoms with E-state index in [2.05, 4.69) is 10.1 Å². The van der Waals surface area contributed by atoms with Crippen LogP contribution in [0.5, 0.6) is 0 Å². The van der Waals surface area contributed by atoms with Gasteiger partial charge in [0.15, 0.2) is 5.78 Å². The average molecular weight is 293 g/mol. The summed E-state index contributed by atoms with van der Waals surface area (Å²) in [7, 11) is 0. The van der Waals surface area contributed by atoms with E-state index in [4.69, 9.17) is 11.6 Å². The highest BCUT2D eigenvalue weighted by atomic mass is 35.5. The Morgan fingerprint density at radius 1 is 1.53 bits per heavy atom. The number of halogens is 1. The Morgan fingerprint density at radius 2 is 2.16 bits per heavy atom. The summed E-state index contributed by atoms with van der Waals surface area (Å²) >= 11 is 5.32. The van der Waals surface area contributed by atoms with Crippen molar-refractivity contribution in [1.29, 1.82) is 0 Å². The van der Waals surface area contributed by atoms with Gasteiger partial charge in [-0.3, -0.25) is 14.4 Å². The first-order chi connectivity index (χ1) is 8.80. The van der Waals surface area contributed by atoms with E-state index in [1.165, 1.54) is 4.90 Å². The Hall–Kier alpha value is -1.14. The summed E-state index contributed by atoms with van der Waals surface area (Å²) in [5.74, 6) is -0.149. The second kappa shape index (κ2) is 8.87. The Bertz CT molecular complexity index is 315. The van der Waals surface area contributed by atoms with Crippen LogP contribution >= 0.6 is 11.6 Å². The standard InChI is InChI=1S/C7H11ClN2O2.C5H10O2/c8-3-6(11)5-10-2-1-9-4-7(10)12;1-5(2,3)7-4-6/h9H,1-5H2;4H,1-3H3. The van der Waals surface area contributed by atoms with E-state index in [9.17, 15) is 14.4 Å². The van der Waals surface area contributed by atoms with Crippen molar-refractivity contribution in [2.75, 3.05) is 32.1 Å². The molecule has 1 N–H and O–H groups in total. The lowest BCUT2D eigenvalue weighted by Crippen LogP contribution is -2.49. The number of carbonyl (C=O) groups is 3.